The molecular formula is C27H25N3O4S. The lowest BCUT2D eigenvalue weighted by atomic mass is 10.0. The molecule has 0 radical (unpaired) electrons. The van der Waals surface area contributed by atoms with Gasteiger partial charge < -0.3 is 10.1 Å². The number of carbonyl (C=O) groups excluding carboxylic acids is 1. The Kier molecular flexibility index (Phi) is 6.48. The summed E-state index contributed by atoms with van der Waals surface area (Å²) < 4.78 is 29.7. The molecule has 5 rings (SSSR count). The van der Waals surface area contributed by atoms with Gasteiger partial charge in [0.1, 0.15) is 5.75 Å². The molecule has 178 valence electrons. The zero-order valence-electron chi connectivity index (χ0n) is 19.1. The van der Waals surface area contributed by atoms with Crippen LogP contribution in [0.5, 0.6) is 5.75 Å². The zero-order chi connectivity index (χ0) is 24.4. The van der Waals surface area contributed by atoms with Crippen LogP contribution < -0.4 is 14.4 Å². The van der Waals surface area contributed by atoms with Crippen molar-refractivity contribution < 1.29 is 18.3 Å². The number of anilines is 2. The average molecular weight is 488 g/mol. The molecule has 1 saturated carbocycles. The van der Waals surface area contributed by atoms with Gasteiger partial charge in [-0.1, -0.05) is 48.5 Å². The summed E-state index contributed by atoms with van der Waals surface area (Å²) in [6, 6.07) is 23.7. The molecule has 35 heavy (non-hydrogen) atoms. The maximum Gasteiger partial charge on any atom is 0.266 e. The highest BCUT2D eigenvalue weighted by atomic mass is 32.2. The smallest absolute Gasteiger partial charge is 0.266 e. The Morgan fingerprint density at radius 1 is 1.06 bits per heavy atom. The lowest BCUT2D eigenvalue weighted by molar-refractivity contribution is 0.0932. The van der Waals surface area contributed by atoms with Crippen LogP contribution in [0.1, 0.15) is 34.8 Å². The predicted molar refractivity (Wildman–Crippen MR) is 137 cm³/mol. The SMILES string of the molecule is COc1ccc(N(c2cccc3cccnc23)S(=O)O)c(C(=O)NC(c2ccccc2)C2CC2)c1. The minimum absolute atomic E-state index is 0.143. The zero-order valence-corrected chi connectivity index (χ0v) is 19.9. The molecular weight excluding hydrogens is 462 g/mol. The Morgan fingerprint density at radius 2 is 1.83 bits per heavy atom. The molecule has 2 unspecified atom stereocenters. The van der Waals surface area contributed by atoms with E-state index in [0.717, 1.165) is 23.8 Å². The Labute approximate surface area is 206 Å². The van der Waals surface area contributed by atoms with Gasteiger partial charge in [-0.25, -0.2) is 8.51 Å². The number of benzene rings is 3. The molecule has 1 aromatic heterocycles. The summed E-state index contributed by atoms with van der Waals surface area (Å²) in [4.78, 5) is 18.1. The number of methoxy groups -OCH3 is 1. The van der Waals surface area contributed by atoms with Gasteiger partial charge in [-0.05, 0) is 54.7 Å². The van der Waals surface area contributed by atoms with Gasteiger partial charge in [0.05, 0.1) is 35.6 Å². The monoisotopic (exact) mass is 487 g/mol. The van der Waals surface area contributed by atoms with E-state index in [1.165, 1.54) is 11.4 Å². The summed E-state index contributed by atoms with van der Waals surface area (Å²) in [5, 5.41) is 3.99. The molecule has 0 spiro atoms. The number of para-hydroxylation sites is 1. The van der Waals surface area contributed by atoms with Crippen LogP contribution in [0.2, 0.25) is 0 Å². The lowest BCUT2D eigenvalue weighted by Gasteiger charge is -2.25. The molecule has 0 aliphatic heterocycles. The van der Waals surface area contributed by atoms with Crippen molar-refractivity contribution in [3.63, 3.8) is 0 Å². The number of rotatable bonds is 8. The molecule has 3 aromatic carbocycles. The van der Waals surface area contributed by atoms with Crippen LogP contribution >= 0.6 is 0 Å². The number of fused-ring (bicyclic) bond motifs is 1. The maximum absolute atomic E-state index is 13.7. The fourth-order valence-electron chi connectivity index (χ4n) is 4.33. The van der Waals surface area contributed by atoms with E-state index in [2.05, 4.69) is 10.3 Å². The first kappa shape index (κ1) is 23.0. The number of pyridine rings is 1. The van der Waals surface area contributed by atoms with Crippen molar-refractivity contribution in [2.75, 3.05) is 11.4 Å². The molecule has 1 aliphatic carbocycles. The number of ether oxygens (including phenoxy) is 1. The molecule has 1 fully saturated rings. The second-order valence-electron chi connectivity index (χ2n) is 8.46. The van der Waals surface area contributed by atoms with E-state index in [1.807, 2.05) is 42.5 Å². The number of hydrogen-bond acceptors (Lipinski definition) is 4. The molecule has 1 amide bonds. The van der Waals surface area contributed by atoms with Gasteiger partial charge in [0.25, 0.3) is 17.2 Å². The van der Waals surface area contributed by atoms with E-state index >= 15 is 0 Å². The summed E-state index contributed by atoms with van der Waals surface area (Å²) in [5.74, 6) is 0.491. The fourth-order valence-corrected chi connectivity index (χ4v) is 4.98. The molecule has 1 aliphatic rings. The first-order chi connectivity index (χ1) is 17.1. The van der Waals surface area contributed by atoms with Crippen molar-refractivity contribution in [1.82, 2.24) is 10.3 Å². The molecule has 8 heteroatoms. The van der Waals surface area contributed by atoms with Gasteiger partial charge in [0.15, 0.2) is 0 Å². The second kappa shape index (κ2) is 9.85. The van der Waals surface area contributed by atoms with Gasteiger partial charge in [-0.15, -0.1) is 0 Å². The molecule has 1 heterocycles. The van der Waals surface area contributed by atoms with Crippen molar-refractivity contribution in [2.24, 2.45) is 5.92 Å². The minimum Gasteiger partial charge on any atom is -0.497 e. The highest BCUT2D eigenvalue weighted by molar-refractivity contribution is 7.81. The van der Waals surface area contributed by atoms with Gasteiger partial charge in [0.2, 0.25) is 0 Å². The molecule has 2 atom stereocenters. The van der Waals surface area contributed by atoms with Crippen LogP contribution in [0, 0.1) is 5.92 Å². The molecule has 7 nitrogen and oxygen atoms in total. The molecule has 0 saturated heterocycles. The third-order valence-corrected chi connectivity index (χ3v) is 6.90. The Morgan fingerprint density at radius 3 is 2.54 bits per heavy atom. The van der Waals surface area contributed by atoms with Gasteiger partial charge >= 0.3 is 0 Å². The van der Waals surface area contributed by atoms with Crippen LogP contribution in [0.3, 0.4) is 0 Å². The number of amides is 1. The van der Waals surface area contributed by atoms with Gasteiger partial charge in [-0.3, -0.25) is 14.3 Å². The standard InChI is InChI=1S/C27H25N3O4S/c1-34-21-14-15-23(30(35(32)33)24-11-5-9-19-10-6-16-28-26(19)24)22(17-21)27(31)29-25(20-12-13-20)18-7-3-2-4-8-18/h2-11,14-17,20,25H,12-13H2,1H3,(H,29,31)(H,32,33). The van der Waals surface area contributed by atoms with E-state index in [1.54, 1.807) is 42.6 Å². The number of aromatic nitrogens is 1. The van der Waals surface area contributed by atoms with Crippen LogP contribution in [-0.2, 0) is 11.3 Å². The maximum atomic E-state index is 13.7. The second-order valence-corrected chi connectivity index (χ2v) is 9.29. The van der Waals surface area contributed by atoms with Crippen LogP contribution in [0.25, 0.3) is 10.9 Å². The summed E-state index contributed by atoms with van der Waals surface area (Å²) in [5.41, 5.74) is 2.53. The van der Waals surface area contributed by atoms with Gasteiger partial charge in [0, 0.05) is 11.6 Å². The first-order valence-corrected chi connectivity index (χ1v) is 12.4. The van der Waals surface area contributed by atoms with Crippen molar-refractivity contribution in [3.8, 4) is 5.75 Å². The number of carbonyl (C=O) groups is 1. The Balaban J connectivity index is 1.59. The normalized spacial score (nSPS) is 14.8. The van der Waals surface area contributed by atoms with Crippen molar-refractivity contribution in [3.05, 3.63) is 96.2 Å². The summed E-state index contributed by atoms with van der Waals surface area (Å²) in [6.07, 6.45) is 3.71. The van der Waals surface area contributed by atoms with Crippen LogP contribution in [0.4, 0.5) is 11.4 Å². The Bertz CT molecular complexity index is 1390. The number of nitrogens with one attached hydrogen (secondary N) is 1. The van der Waals surface area contributed by atoms with Crippen molar-refractivity contribution in [2.45, 2.75) is 18.9 Å². The molecule has 4 aromatic rings. The fraction of sp³-hybridized carbons (Fsp3) is 0.185. The Hall–Kier alpha value is -3.75. The summed E-state index contributed by atoms with van der Waals surface area (Å²) in [7, 11) is 1.52. The average Bonchev–Trinajstić information content (AvgIpc) is 3.73. The van der Waals surface area contributed by atoms with E-state index in [-0.39, 0.29) is 23.2 Å². The van der Waals surface area contributed by atoms with E-state index < -0.39 is 11.3 Å². The number of hydrogen-bond donors (Lipinski definition) is 2. The van der Waals surface area contributed by atoms with Crippen LogP contribution in [0.15, 0.2) is 85.1 Å². The first-order valence-electron chi connectivity index (χ1n) is 11.4. The largest absolute Gasteiger partial charge is 0.497 e. The van der Waals surface area contributed by atoms with E-state index in [9.17, 15) is 13.6 Å². The highest BCUT2D eigenvalue weighted by Crippen LogP contribution is 2.42. The topological polar surface area (TPSA) is 91.8 Å². The highest BCUT2D eigenvalue weighted by Gasteiger charge is 2.34. The van der Waals surface area contributed by atoms with Crippen LogP contribution in [-0.4, -0.2) is 26.8 Å². The molecule has 2 N–H and O–H groups in total. The summed E-state index contributed by atoms with van der Waals surface area (Å²) in [6.45, 7) is 0. The predicted octanol–water partition coefficient (Wildman–Crippen LogP) is 5.40. The summed E-state index contributed by atoms with van der Waals surface area (Å²) >= 11 is -2.47. The van der Waals surface area contributed by atoms with E-state index in [4.69, 9.17) is 4.74 Å². The third-order valence-electron chi connectivity index (χ3n) is 6.19. The quantitative estimate of drug-likeness (QED) is 0.325. The minimum atomic E-state index is -2.47. The lowest BCUT2D eigenvalue weighted by Crippen LogP contribution is -2.32. The third kappa shape index (κ3) is 4.76. The molecule has 0 bridgehead atoms. The van der Waals surface area contributed by atoms with Crippen molar-refractivity contribution >= 4 is 39.5 Å². The van der Waals surface area contributed by atoms with E-state index in [0.29, 0.717) is 22.9 Å². The van der Waals surface area contributed by atoms with Crippen molar-refractivity contribution in [1.29, 1.82) is 0 Å². The van der Waals surface area contributed by atoms with Gasteiger partial charge in [-0.2, -0.15) is 0 Å². The number of nitrogens with zero attached hydrogens (tertiary/aromatic N) is 2.